The fourth-order valence-corrected chi connectivity index (χ4v) is 10.1. The standard InChI is InChI=1S/C20H13F5N4O3S2.C20H14F4N4O3S2.Na.H/c1-28-16(31)13-8(6-33-17(13)29(2)19(28)32)5-12(30)27-18-26-11(7-34-18)9-3-4-10(21)14(15(9)22)20(23,24)25;1-27-16(30)15-10(7-32-17(15)28(2)19(27)31)6-14(29)26-18-25-13(8-33-18)9-3-4-11(12(21)5-9)20(22,23)24;;/h3-4,6-7H,5H2,1-2H3,(H,26,27,30);3-5,7-8H,6H2,1-2H3,(H,25,26,29);;/q;;+1;-1. The van der Waals surface area contributed by atoms with Crippen LogP contribution in [0.4, 0.5) is 49.8 Å². The number of aromatic nitrogens is 6. The van der Waals surface area contributed by atoms with Crippen LogP contribution < -0.4 is 62.7 Å². The van der Waals surface area contributed by atoms with E-state index in [0.717, 1.165) is 61.3 Å². The number of amides is 2. The van der Waals surface area contributed by atoms with E-state index in [1.165, 1.54) is 59.4 Å². The molecule has 6 heterocycles. The van der Waals surface area contributed by atoms with Gasteiger partial charge in [-0.25, -0.2) is 32.7 Å². The first-order valence-corrected chi connectivity index (χ1v) is 22.1. The van der Waals surface area contributed by atoms with E-state index in [4.69, 9.17) is 0 Å². The Kier molecular flexibility index (Phi) is 15.0. The maximum atomic E-state index is 14.4. The third-order valence-corrected chi connectivity index (χ3v) is 13.6. The number of carbonyl (C=O) groups excluding carboxylic acids is 2. The molecule has 0 fully saturated rings. The maximum Gasteiger partial charge on any atom is 1.00 e. The molecule has 0 aliphatic heterocycles. The van der Waals surface area contributed by atoms with Crippen LogP contribution in [0.1, 0.15) is 23.7 Å². The predicted molar refractivity (Wildman–Crippen MR) is 235 cm³/mol. The van der Waals surface area contributed by atoms with Crippen molar-refractivity contribution in [3.63, 3.8) is 0 Å². The van der Waals surface area contributed by atoms with Crippen LogP contribution in [0.25, 0.3) is 42.9 Å². The molecule has 2 amide bonds. The number of hydrogen-bond donors (Lipinski definition) is 2. The average molecular weight is 1040 g/mol. The summed E-state index contributed by atoms with van der Waals surface area (Å²) >= 11 is 4.15. The Labute approximate surface area is 413 Å². The summed E-state index contributed by atoms with van der Waals surface area (Å²) in [6.45, 7) is 0. The monoisotopic (exact) mass is 1040 g/mol. The Hall–Kier alpha value is -5.71. The van der Waals surface area contributed by atoms with Crippen molar-refractivity contribution in [3.05, 3.63) is 133 Å². The zero-order valence-electron chi connectivity index (χ0n) is 36.3. The summed E-state index contributed by atoms with van der Waals surface area (Å²) in [6.07, 6.45) is -10.4. The minimum absolute atomic E-state index is 0. The number of halogens is 9. The molecule has 68 heavy (non-hydrogen) atoms. The van der Waals surface area contributed by atoms with E-state index in [2.05, 4.69) is 20.6 Å². The number of carbonyl (C=O) groups is 2. The molecule has 0 saturated heterocycles. The third-order valence-electron chi connectivity index (χ3n) is 9.91. The molecular formula is C40H28F9N8NaO6S4. The molecule has 0 spiro atoms. The van der Waals surface area contributed by atoms with Crippen molar-refractivity contribution in [1.29, 1.82) is 0 Å². The molecule has 0 aliphatic rings. The van der Waals surface area contributed by atoms with Crippen LogP contribution in [0.15, 0.2) is 71.0 Å². The van der Waals surface area contributed by atoms with Crippen molar-refractivity contribution in [2.24, 2.45) is 28.2 Å². The van der Waals surface area contributed by atoms with Gasteiger partial charge < -0.3 is 12.1 Å². The number of benzene rings is 2. The number of anilines is 2. The van der Waals surface area contributed by atoms with Crippen LogP contribution in [0.2, 0.25) is 0 Å². The number of thiazole rings is 2. The van der Waals surface area contributed by atoms with Gasteiger partial charge in [-0.15, -0.1) is 45.3 Å². The van der Waals surface area contributed by atoms with E-state index in [1.54, 1.807) is 10.8 Å². The Morgan fingerprint density at radius 2 is 1.09 bits per heavy atom. The van der Waals surface area contributed by atoms with E-state index in [9.17, 15) is 68.3 Å². The Balaban J connectivity index is 0.000000250. The van der Waals surface area contributed by atoms with Crippen molar-refractivity contribution in [3.8, 4) is 22.5 Å². The van der Waals surface area contributed by atoms with Gasteiger partial charge in [0, 0.05) is 50.1 Å². The smallest absolute Gasteiger partial charge is 1.00 e. The molecule has 6 aromatic heterocycles. The van der Waals surface area contributed by atoms with E-state index < -0.39 is 80.8 Å². The number of aryl methyl sites for hydroxylation is 2. The molecule has 2 N–H and O–H groups in total. The minimum atomic E-state index is -5.24. The van der Waals surface area contributed by atoms with Gasteiger partial charge in [-0.3, -0.25) is 37.4 Å². The van der Waals surface area contributed by atoms with Gasteiger partial charge in [0.2, 0.25) is 11.8 Å². The van der Waals surface area contributed by atoms with Gasteiger partial charge in [-0.05, 0) is 46.2 Å². The van der Waals surface area contributed by atoms with Crippen molar-refractivity contribution in [1.82, 2.24) is 28.2 Å². The number of hydrogen-bond acceptors (Lipinski definition) is 12. The van der Waals surface area contributed by atoms with Gasteiger partial charge in [0.05, 0.1) is 40.6 Å². The second-order valence-corrected chi connectivity index (χ2v) is 17.7. The summed E-state index contributed by atoms with van der Waals surface area (Å²) < 4.78 is 123. The minimum Gasteiger partial charge on any atom is -1.00 e. The van der Waals surface area contributed by atoms with Crippen molar-refractivity contribution in [2.75, 3.05) is 10.6 Å². The SMILES string of the molecule is Cn1c(=O)c2c(CC(=O)Nc3nc(-c4ccc(C(F)(F)F)c(F)c4)cs3)csc2n(C)c1=O.Cn1c(=O)c2c(CC(=O)Nc3nc(-c4ccc(F)c(C(F)(F)F)c4F)cs3)csc2n(C)c1=O.[H-].[Na+]. The van der Waals surface area contributed by atoms with Gasteiger partial charge in [0.1, 0.15) is 32.7 Å². The predicted octanol–water partition coefficient (Wildman–Crippen LogP) is 4.78. The average Bonchev–Trinajstić information content (AvgIpc) is 4.08. The molecular weight excluding hydrogens is 1010 g/mol. The molecule has 8 aromatic rings. The van der Waals surface area contributed by atoms with Gasteiger partial charge in [0.15, 0.2) is 10.3 Å². The van der Waals surface area contributed by atoms with Crippen LogP contribution in [0.3, 0.4) is 0 Å². The fourth-order valence-electron chi connectivity index (χ4n) is 6.61. The van der Waals surface area contributed by atoms with E-state index >= 15 is 0 Å². The van der Waals surface area contributed by atoms with Crippen LogP contribution in [-0.2, 0) is 63.0 Å². The number of nitrogens with one attached hydrogen (secondary N) is 2. The van der Waals surface area contributed by atoms with Gasteiger partial charge in [-0.1, -0.05) is 6.07 Å². The molecule has 28 heteroatoms. The first-order valence-electron chi connectivity index (χ1n) is 18.6. The topological polar surface area (TPSA) is 172 Å². The van der Waals surface area contributed by atoms with Crippen LogP contribution in [0.5, 0.6) is 0 Å². The second-order valence-electron chi connectivity index (χ2n) is 14.3. The summed E-state index contributed by atoms with van der Waals surface area (Å²) in [5.41, 5.74) is -5.05. The Morgan fingerprint density at radius 3 is 1.54 bits per heavy atom. The van der Waals surface area contributed by atoms with Crippen molar-refractivity contribution in [2.45, 2.75) is 25.2 Å². The first kappa shape index (κ1) is 51.7. The molecule has 0 unspecified atom stereocenters. The normalized spacial score (nSPS) is 11.7. The first-order chi connectivity index (χ1) is 31.4. The number of alkyl halides is 6. The molecule has 0 bridgehead atoms. The number of fused-ring (bicyclic) bond motifs is 2. The maximum absolute atomic E-state index is 14.4. The van der Waals surface area contributed by atoms with Crippen LogP contribution in [-0.4, -0.2) is 40.1 Å². The van der Waals surface area contributed by atoms with Gasteiger partial charge in [-0.2, -0.15) is 26.3 Å². The van der Waals surface area contributed by atoms with Crippen molar-refractivity contribution < 1.29 is 80.1 Å². The molecule has 14 nitrogen and oxygen atoms in total. The molecule has 2 aromatic carbocycles. The zero-order chi connectivity index (χ0) is 49.0. The van der Waals surface area contributed by atoms with E-state index in [-0.39, 0.29) is 81.8 Å². The molecule has 0 atom stereocenters. The van der Waals surface area contributed by atoms with Crippen LogP contribution in [0, 0.1) is 17.5 Å². The summed E-state index contributed by atoms with van der Waals surface area (Å²) in [5.74, 6) is -6.04. The quantitative estimate of drug-likeness (QED) is 0.162. The Morgan fingerprint density at radius 1 is 0.618 bits per heavy atom. The molecule has 0 aliphatic carbocycles. The summed E-state index contributed by atoms with van der Waals surface area (Å²) in [5, 5.41) is 11.5. The largest absolute Gasteiger partial charge is 1.00 e. The summed E-state index contributed by atoms with van der Waals surface area (Å²) in [6, 6.07) is 3.80. The molecule has 0 saturated carbocycles. The van der Waals surface area contributed by atoms with E-state index in [1.807, 2.05) is 0 Å². The second kappa shape index (κ2) is 19.7. The zero-order valence-corrected chi connectivity index (χ0v) is 40.5. The summed E-state index contributed by atoms with van der Waals surface area (Å²) in [7, 11) is 5.71. The van der Waals surface area contributed by atoms with Crippen LogP contribution >= 0.6 is 45.3 Å². The van der Waals surface area contributed by atoms with Gasteiger partial charge in [0.25, 0.3) is 11.1 Å². The molecule has 352 valence electrons. The van der Waals surface area contributed by atoms with Gasteiger partial charge >= 0.3 is 53.3 Å². The number of rotatable bonds is 8. The Bertz CT molecular complexity index is 3560. The molecule has 0 radical (unpaired) electrons. The summed E-state index contributed by atoms with van der Waals surface area (Å²) in [4.78, 5) is 83.1. The molecule has 8 rings (SSSR count). The van der Waals surface area contributed by atoms with E-state index in [0.29, 0.717) is 32.9 Å². The van der Waals surface area contributed by atoms with Crippen molar-refractivity contribution >= 4 is 87.9 Å². The number of nitrogens with zero attached hydrogens (tertiary/aromatic N) is 6. The third kappa shape index (κ3) is 10.2. The fraction of sp³-hybridized carbons (Fsp3) is 0.200. The number of thiophene rings is 2.